The third-order valence-corrected chi connectivity index (χ3v) is 11.0. The van der Waals surface area contributed by atoms with Crippen LogP contribution in [0.3, 0.4) is 0 Å². The molecule has 28 heteroatoms. The van der Waals surface area contributed by atoms with Crippen molar-refractivity contribution in [3.05, 3.63) is 77.5 Å². The number of aromatic nitrogens is 2. The second-order valence-electron chi connectivity index (χ2n) is 8.98. The fourth-order valence-corrected chi connectivity index (χ4v) is 6.48. The highest BCUT2D eigenvalue weighted by atomic mass is 32.3. The van der Waals surface area contributed by atoms with Gasteiger partial charge < -0.3 is 4.13 Å². The van der Waals surface area contributed by atoms with Crippen LogP contribution in [0.2, 0.25) is 0 Å². The number of allylic oxidation sites excluding steroid dienone is 4. The zero-order valence-corrected chi connectivity index (χ0v) is 26.7. The third kappa shape index (κ3) is 11.9. The van der Waals surface area contributed by atoms with Gasteiger partial charge >= 0.3 is 42.1 Å². The second kappa shape index (κ2) is 14.9. The van der Waals surface area contributed by atoms with E-state index in [1.54, 1.807) is 0 Å². The maximum absolute atomic E-state index is 11.5. The van der Waals surface area contributed by atoms with Crippen LogP contribution >= 0.6 is 0 Å². The number of sulfonamides is 4. The number of pyridine rings is 2. The van der Waals surface area contributed by atoms with Crippen molar-refractivity contribution >= 4 is 40.1 Å². The molecule has 2 heterocycles. The monoisotopic (exact) mass is 810 g/mol. The molecule has 2 aromatic rings. The largest absolute Gasteiger partial charge is 0.512 e. The van der Waals surface area contributed by atoms with Crippen LogP contribution in [0, 0.1) is 0 Å². The first kappa shape index (κ1) is 43.7. The maximum Gasteiger partial charge on any atom is 0.512 e. The molecule has 3 rings (SSSR count). The van der Waals surface area contributed by atoms with E-state index >= 15 is 0 Å². The first-order chi connectivity index (χ1) is 21.7. The van der Waals surface area contributed by atoms with Crippen LogP contribution in [0.15, 0.2) is 73.4 Å². The quantitative estimate of drug-likeness (QED) is 0.323. The Balaban J connectivity index is 0.000000373. The Morgan fingerprint density at radius 1 is 0.653 bits per heavy atom. The number of nitrogens with zero attached hydrogens (tertiary/aromatic N) is 3. The van der Waals surface area contributed by atoms with Crippen molar-refractivity contribution in [1.29, 1.82) is 0 Å². The Hall–Kier alpha value is -3.34. The van der Waals surface area contributed by atoms with Gasteiger partial charge in [0.1, 0.15) is 0 Å². The standard InChI is InChI=1S/C17H17N2.C2HF6NO4S2.C2F6NO4S2/c1-17(9-3-2-4-10-17)19-13-7-16(8-14-19)15-5-11-18-12-6-15;2*3-1(4,5)14(10,11)9-15(12,13)2(6,7)8/h2-9,11-14H,10H2,1H3;9H;/q+1;;-1. The van der Waals surface area contributed by atoms with E-state index in [0.717, 1.165) is 10.5 Å². The highest BCUT2D eigenvalue weighted by Crippen LogP contribution is 2.36. The van der Waals surface area contributed by atoms with Crippen molar-refractivity contribution in [2.75, 3.05) is 0 Å². The minimum Gasteiger partial charge on any atom is -0.421 e. The van der Waals surface area contributed by atoms with Crippen molar-refractivity contribution in [3.63, 3.8) is 0 Å². The summed E-state index contributed by atoms with van der Waals surface area (Å²) >= 11 is 0. The first-order valence-corrected chi connectivity index (χ1v) is 17.6. The molecule has 0 aliphatic heterocycles. The summed E-state index contributed by atoms with van der Waals surface area (Å²) in [5, 5.41) is 0. The molecule has 12 nitrogen and oxygen atoms in total. The van der Waals surface area contributed by atoms with E-state index in [1.807, 2.05) is 24.5 Å². The van der Waals surface area contributed by atoms with E-state index in [4.69, 9.17) is 0 Å². The molecular weight excluding hydrogens is 792 g/mol. The van der Waals surface area contributed by atoms with Gasteiger partial charge in [0.25, 0.3) is 0 Å². The van der Waals surface area contributed by atoms with Crippen LogP contribution in [0.5, 0.6) is 0 Å². The molecule has 1 aliphatic carbocycles. The van der Waals surface area contributed by atoms with Crippen LogP contribution in [0.4, 0.5) is 52.7 Å². The summed E-state index contributed by atoms with van der Waals surface area (Å²) in [7, 11) is -26.6. The summed E-state index contributed by atoms with van der Waals surface area (Å²) in [4.78, 5) is 4.05. The Kier molecular flexibility index (Phi) is 13.3. The van der Waals surface area contributed by atoms with Crippen molar-refractivity contribution in [3.8, 4) is 11.1 Å². The van der Waals surface area contributed by atoms with E-state index in [1.165, 1.54) is 11.1 Å². The summed E-state index contributed by atoms with van der Waals surface area (Å²) in [6, 6.07) is 8.38. The molecule has 0 radical (unpaired) electrons. The maximum atomic E-state index is 11.5. The van der Waals surface area contributed by atoms with E-state index in [2.05, 4.69) is 65.3 Å². The fourth-order valence-electron chi connectivity index (χ4n) is 2.86. The van der Waals surface area contributed by atoms with Crippen molar-refractivity contribution in [1.82, 2.24) is 9.11 Å². The molecule has 0 saturated carbocycles. The van der Waals surface area contributed by atoms with Gasteiger partial charge in [0.05, 0.1) is 0 Å². The van der Waals surface area contributed by atoms with Crippen LogP contribution in [0.1, 0.15) is 13.3 Å². The zero-order valence-electron chi connectivity index (χ0n) is 23.4. The Morgan fingerprint density at radius 3 is 1.37 bits per heavy atom. The predicted octanol–water partition coefficient (Wildman–Crippen LogP) is 4.60. The number of rotatable bonds is 6. The summed E-state index contributed by atoms with van der Waals surface area (Å²) in [5.74, 6) is 0. The van der Waals surface area contributed by atoms with Crippen LogP contribution in [-0.2, 0) is 45.6 Å². The molecule has 0 fully saturated rings. The molecule has 49 heavy (non-hydrogen) atoms. The summed E-state index contributed by atoms with van der Waals surface area (Å²) in [5.41, 5.74) is -22.2. The number of hydrogen-bond donors (Lipinski definition) is 1. The van der Waals surface area contributed by atoms with Gasteiger partial charge in [-0.2, -0.15) is 57.3 Å². The van der Waals surface area contributed by atoms with Gasteiger partial charge in [-0.15, -0.1) is 0 Å². The predicted molar refractivity (Wildman–Crippen MR) is 143 cm³/mol. The Labute approximate surface area is 269 Å². The molecule has 0 saturated heterocycles. The number of hydrogen-bond acceptors (Lipinski definition) is 9. The molecule has 2 aromatic heterocycles. The number of halogens is 12. The lowest BCUT2D eigenvalue weighted by molar-refractivity contribution is -0.748. The van der Waals surface area contributed by atoms with E-state index < -0.39 is 66.3 Å². The van der Waals surface area contributed by atoms with Crippen molar-refractivity contribution in [2.24, 2.45) is 0 Å². The van der Waals surface area contributed by atoms with Crippen molar-refractivity contribution < 1.29 is 90.9 Å². The average molecular weight is 811 g/mol. The molecule has 0 amide bonds. The molecular formula is C21H18F12N4O8S4. The van der Waals surface area contributed by atoms with Crippen molar-refractivity contribution in [2.45, 2.75) is 40.9 Å². The highest BCUT2D eigenvalue weighted by Gasteiger charge is 2.55. The molecule has 0 spiro atoms. The lowest BCUT2D eigenvalue weighted by Gasteiger charge is -2.22. The van der Waals surface area contributed by atoms with Gasteiger partial charge in [-0.05, 0) is 29.3 Å². The van der Waals surface area contributed by atoms with Crippen LogP contribution in [-0.4, -0.2) is 60.7 Å². The van der Waals surface area contributed by atoms with E-state index in [-0.39, 0.29) is 5.54 Å². The lowest BCUT2D eigenvalue weighted by atomic mass is 9.93. The summed E-state index contributed by atoms with van der Waals surface area (Å²) in [6.07, 6.45) is 17.7. The highest BCUT2D eigenvalue weighted by molar-refractivity contribution is 8.13. The van der Waals surface area contributed by atoms with Gasteiger partial charge in [-0.25, -0.2) is 33.7 Å². The molecule has 0 aromatic carbocycles. The second-order valence-corrected chi connectivity index (χ2v) is 16.0. The smallest absolute Gasteiger partial charge is 0.421 e. The van der Waals surface area contributed by atoms with Crippen LogP contribution < -0.4 is 8.69 Å². The molecule has 1 atom stereocenters. The van der Waals surface area contributed by atoms with Gasteiger partial charge in [-0.1, -0.05) is 22.4 Å². The molecule has 1 N–H and O–H groups in total. The number of alkyl halides is 12. The van der Waals surface area contributed by atoms with Gasteiger partial charge in [-0.3, -0.25) is 4.98 Å². The van der Waals surface area contributed by atoms with E-state index in [0.29, 0.717) is 0 Å². The zero-order chi connectivity index (χ0) is 38.5. The fraction of sp³-hybridized carbons (Fsp3) is 0.333. The molecule has 1 aliphatic rings. The normalized spacial score (nSPS) is 17.7. The topological polar surface area (TPSA) is 179 Å². The van der Waals surface area contributed by atoms with E-state index in [9.17, 15) is 86.4 Å². The van der Waals surface area contributed by atoms with Crippen LogP contribution in [0.25, 0.3) is 15.3 Å². The molecule has 1 unspecified atom stereocenters. The van der Waals surface area contributed by atoms with Gasteiger partial charge in [0.2, 0.25) is 0 Å². The summed E-state index contributed by atoms with van der Waals surface area (Å²) in [6.45, 7) is 2.25. The molecule has 0 bridgehead atoms. The minimum atomic E-state index is -6.72. The molecule has 278 valence electrons. The first-order valence-electron chi connectivity index (χ1n) is 11.7. The number of nitrogens with one attached hydrogen (secondary N) is 1. The van der Waals surface area contributed by atoms with Gasteiger partial charge in [0.15, 0.2) is 38.0 Å². The Bertz CT molecular complexity index is 1770. The third-order valence-electron chi connectivity index (χ3n) is 5.28. The lowest BCUT2D eigenvalue weighted by Crippen LogP contribution is -2.52. The Morgan fingerprint density at radius 2 is 1.04 bits per heavy atom. The SMILES string of the molecule is CC1([n+]2ccc(-c3ccncc3)cc2)C=CC=CC1.O=S(=O)(NS(=O)(=O)C(F)(F)F)C(F)(F)F.O=S(=O)([N-]S(=O)(=O)C(F)(F)F)C(F)(F)F. The van der Waals surface area contributed by atoms with Gasteiger partial charge in [0, 0.05) is 37.9 Å². The minimum absolute atomic E-state index is 0.0471. The average Bonchev–Trinajstić information content (AvgIpc) is 2.91. The summed E-state index contributed by atoms with van der Waals surface area (Å²) < 4.78 is 220.